The van der Waals surface area contributed by atoms with E-state index < -0.39 is 0 Å². The second kappa shape index (κ2) is 31.3. The first-order chi connectivity index (χ1) is 20.5. The number of rotatable bonds is 32. The van der Waals surface area contributed by atoms with E-state index in [-0.39, 0.29) is 18.0 Å². The summed E-state index contributed by atoms with van der Waals surface area (Å²) >= 11 is 0. The average molecular weight is 599 g/mol. The first kappa shape index (κ1) is 40.8. The van der Waals surface area contributed by atoms with E-state index in [1.807, 2.05) is 13.8 Å². The van der Waals surface area contributed by atoms with Crippen LogP contribution in [0.1, 0.15) is 169 Å². The summed E-state index contributed by atoms with van der Waals surface area (Å²) in [5.41, 5.74) is 5.77. The van der Waals surface area contributed by atoms with Gasteiger partial charge in [-0.15, -0.1) is 0 Å². The van der Waals surface area contributed by atoms with Crippen LogP contribution in [-0.2, 0) is 24.1 Å². The maximum Gasteiger partial charge on any atom is 0.342 e. The van der Waals surface area contributed by atoms with Crippen LogP contribution in [0.3, 0.4) is 0 Å². The van der Waals surface area contributed by atoms with Crippen LogP contribution in [0.15, 0.2) is 0 Å². The van der Waals surface area contributed by atoms with E-state index in [9.17, 15) is 9.59 Å². The minimum Gasteiger partial charge on any atom is -0.466 e. The highest BCUT2D eigenvalue weighted by molar-refractivity contribution is 5.69. The normalized spacial score (nSPS) is 11.6. The van der Waals surface area contributed by atoms with Crippen molar-refractivity contribution in [1.82, 2.24) is 4.90 Å². The van der Waals surface area contributed by atoms with E-state index in [0.717, 1.165) is 84.0 Å². The monoisotopic (exact) mass is 599 g/mol. The minimum absolute atomic E-state index is 0.00470. The molecule has 0 radical (unpaired) electrons. The molecule has 0 spiro atoms. The van der Waals surface area contributed by atoms with Crippen LogP contribution >= 0.6 is 0 Å². The Labute approximate surface area is 260 Å². The largest absolute Gasteiger partial charge is 0.466 e. The van der Waals surface area contributed by atoms with E-state index in [1.165, 1.54) is 70.6 Å². The van der Waals surface area contributed by atoms with Crippen molar-refractivity contribution < 1.29 is 24.1 Å². The Morgan fingerprint density at radius 2 is 1.12 bits per heavy atom. The molecule has 0 aromatic rings. The third-order valence-electron chi connectivity index (χ3n) is 8.30. The molecule has 0 rings (SSSR count). The van der Waals surface area contributed by atoms with Crippen molar-refractivity contribution >= 4 is 11.9 Å². The fourth-order valence-electron chi connectivity index (χ4n) is 5.34. The molecule has 0 aliphatic heterocycles. The third-order valence-corrected chi connectivity index (χ3v) is 8.30. The predicted molar refractivity (Wildman–Crippen MR) is 175 cm³/mol. The van der Waals surface area contributed by atoms with Crippen molar-refractivity contribution in [3.8, 4) is 0 Å². The lowest BCUT2D eigenvalue weighted by atomic mass is 9.93. The summed E-state index contributed by atoms with van der Waals surface area (Å²) < 4.78 is 5.55. The van der Waals surface area contributed by atoms with Gasteiger partial charge in [-0.25, -0.2) is 4.79 Å². The number of hydrogen-bond acceptors (Lipinski definition) is 7. The number of nitrogens with zero attached hydrogens (tertiary/aromatic N) is 1. The molecule has 0 bridgehead atoms. The Morgan fingerprint density at radius 1 is 0.619 bits per heavy atom. The SMILES string of the molecule is CCCCC(CCCC)CCOC(=O)CCCCCCCN(CCCN)CCCCCCCC(=O)OOC(CC)CC. The van der Waals surface area contributed by atoms with Crippen LogP contribution in [0.5, 0.6) is 0 Å². The summed E-state index contributed by atoms with van der Waals surface area (Å²) in [5, 5.41) is 0. The lowest BCUT2D eigenvalue weighted by molar-refractivity contribution is -0.298. The molecule has 42 heavy (non-hydrogen) atoms. The van der Waals surface area contributed by atoms with Crippen LogP contribution < -0.4 is 5.73 Å². The summed E-state index contributed by atoms with van der Waals surface area (Å²) in [7, 11) is 0. The Bertz CT molecular complexity index is 592. The van der Waals surface area contributed by atoms with E-state index in [1.54, 1.807) is 0 Å². The van der Waals surface area contributed by atoms with Gasteiger partial charge in [0.2, 0.25) is 0 Å². The van der Waals surface area contributed by atoms with Gasteiger partial charge in [-0.2, -0.15) is 4.89 Å². The third kappa shape index (κ3) is 26.4. The number of hydrogen-bond donors (Lipinski definition) is 1. The van der Waals surface area contributed by atoms with Gasteiger partial charge in [-0.1, -0.05) is 105 Å². The van der Waals surface area contributed by atoms with E-state index in [0.29, 0.717) is 25.4 Å². The number of carbonyl (C=O) groups excluding carboxylic acids is 2. The molecule has 2 N–H and O–H groups in total. The molecular weight excluding hydrogens is 528 g/mol. The minimum atomic E-state index is -0.251. The van der Waals surface area contributed by atoms with Crippen molar-refractivity contribution in [3.05, 3.63) is 0 Å². The Balaban J connectivity index is 3.85. The molecule has 0 aliphatic rings. The first-order valence-corrected chi connectivity index (χ1v) is 17.9. The Kier molecular flexibility index (Phi) is 30.4. The van der Waals surface area contributed by atoms with Gasteiger partial charge in [0.05, 0.1) is 6.61 Å². The van der Waals surface area contributed by atoms with Gasteiger partial charge in [0.15, 0.2) is 0 Å². The van der Waals surface area contributed by atoms with Crippen molar-refractivity contribution in [2.75, 3.05) is 32.8 Å². The van der Waals surface area contributed by atoms with Gasteiger partial charge in [0.25, 0.3) is 0 Å². The summed E-state index contributed by atoms with van der Waals surface area (Å²) in [6.45, 7) is 13.2. The smallest absolute Gasteiger partial charge is 0.342 e. The molecule has 0 atom stereocenters. The molecule has 0 fully saturated rings. The van der Waals surface area contributed by atoms with E-state index >= 15 is 0 Å². The topological polar surface area (TPSA) is 91.1 Å². The molecule has 7 heteroatoms. The number of esters is 1. The molecular formula is C35H70N2O5. The predicted octanol–water partition coefficient (Wildman–Crippen LogP) is 8.91. The highest BCUT2D eigenvalue weighted by atomic mass is 17.2. The highest BCUT2D eigenvalue weighted by Crippen LogP contribution is 2.20. The molecule has 0 saturated heterocycles. The first-order valence-electron chi connectivity index (χ1n) is 17.9. The second-order valence-corrected chi connectivity index (χ2v) is 12.2. The summed E-state index contributed by atoms with van der Waals surface area (Å²) in [5.74, 6) is 0.446. The maximum atomic E-state index is 12.1. The standard InChI is InChI=1S/C35H70N2O5/c1-5-9-22-32(23-10-6-2)26-31-40-34(38)24-17-13-11-15-19-28-37(30-21-27-36)29-20-16-12-14-18-25-35(39)42-41-33(7-3)8-4/h32-33H,5-31,36H2,1-4H3. The van der Waals surface area contributed by atoms with Gasteiger partial charge >= 0.3 is 11.9 Å². The number of unbranched alkanes of at least 4 members (excludes halogenated alkanes) is 10. The molecule has 250 valence electrons. The lowest BCUT2D eigenvalue weighted by Crippen LogP contribution is -2.28. The van der Waals surface area contributed by atoms with Crippen LogP contribution in [0.4, 0.5) is 0 Å². The zero-order valence-electron chi connectivity index (χ0n) is 28.3. The Hall–Kier alpha value is -1.18. The van der Waals surface area contributed by atoms with Crippen LogP contribution in [-0.4, -0.2) is 55.7 Å². The molecule has 0 saturated carbocycles. The van der Waals surface area contributed by atoms with E-state index in [2.05, 4.69) is 18.7 Å². The molecule has 0 aliphatic carbocycles. The molecule has 0 aromatic heterocycles. The van der Waals surface area contributed by atoms with Gasteiger partial charge in [0.1, 0.15) is 6.10 Å². The van der Waals surface area contributed by atoms with Crippen molar-refractivity contribution in [2.24, 2.45) is 11.7 Å². The van der Waals surface area contributed by atoms with Gasteiger partial charge < -0.3 is 15.4 Å². The second-order valence-electron chi connectivity index (χ2n) is 12.2. The molecule has 0 unspecified atom stereocenters. The molecule has 7 nitrogen and oxygen atoms in total. The summed E-state index contributed by atoms with van der Waals surface area (Å²) in [6.07, 6.45) is 23.4. The number of ether oxygens (including phenoxy) is 1. The van der Waals surface area contributed by atoms with E-state index in [4.69, 9.17) is 20.2 Å². The maximum absolute atomic E-state index is 12.1. The highest BCUT2D eigenvalue weighted by Gasteiger charge is 2.11. The average Bonchev–Trinajstić information content (AvgIpc) is 2.99. The molecule has 0 amide bonds. The quantitative estimate of drug-likeness (QED) is 0.0358. The van der Waals surface area contributed by atoms with Crippen LogP contribution in [0.2, 0.25) is 0 Å². The zero-order valence-corrected chi connectivity index (χ0v) is 28.3. The number of nitrogens with two attached hydrogens (primary N) is 1. The summed E-state index contributed by atoms with van der Waals surface area (Å²) in [6, 6.07) is 0. The molecule has 0 heterocycles. The number of carbonyl (C=O) groups is 2. The van der Waals surface area contributed by atoms with Crippen LogP contribution in [0, 0.1) is 5.92 Å². The van der Waals surface area contributed by atoms with Gasteiger partial charge in [-0.3, -0.25) is 9.68 Å². The van der Waals surface area contributed by atoms with Crippen molar-refractivity contribution in [3.63, 3.8) is 0 Å². The zero-order chi connectivity index (χ0) is 31.1. The lowest BCUT2D eigenvalue weighted by Gasteiger charge is -2.22. The van der Waals surface area contributed by atoms with Gasteiger partial charge in [-0.05, 0) is 83.5 Å². The van der Waals surface area contributed by atoms with Crippen molar-refractivity contribution in [1.29, 1.82) is 0 Å². The van der Waals surface area contributed by atoms with Crippen molar-refractivity contribution in [2.45, 2.75) is 175 Å². The fourth-order valence-corrected chi connectivity index (χ4v) is 5.34. The Morgan fingerprint density at radius 3 is 1.64 bits per heavy atom. The molecule has 0 aromatic carbocycles. The van der Waals surface area contributed by atoms with Crippen LogP contribution in [0.25, 0.3) is 0 Å². The van der Waals surface area contributed by atoms with Gasteiger partial charge in [0, 0.05) is 12.8 Å². The summed E-state index contributed by atoms with van der Waals surface area (Å²) in [4.78, 5) is 36.6. The fraction of sp³-hybridized carbons (Fsp3) is 0.943.